The second-order valence-corrected chi connectivity index (χ2v) is 2.22. The predicted octanol–water partition coefficient (Wildman–Crippen LogP) is -0.492. The molecule has 4 N–H and O–H groups in total. The average molecular weight is 183 g/mol. The second-order valence-electron chi connectivity index (χ2n) is 2.22. The van der Waals surface area contributed by atoms with Gasteiger partial charge in [-0.05, 0) is 0 Å². The Kier molecular flexibility index (Phi) is 3.08. The third-order valence-corrected chi connectivity index (χ3v) is 1.23. The van der Waals surface area contributed by atoms with Crippen molar-refractivity contribution in [2.45, 2.75) is 18.4 Å². The van der Waals surface area contributed by atoms with Crippen molar-refractivity contribution in [3.8, 4) is 0 Å². The van der Waals surface area contributed by atoms with Gasteiger partial charge >= 0.3 is 11.9 Å². The summed E-state index contributed by atoms with van der Waals surface area (Å²) in [5, 5.41) is 16.3. The molecule has 0 rings (SSSR count). The van der Waals surface area contributed by atoms with Crippen LogP contribution < -0.4 is 5.73 Å². The van der Waals surface area contributed by atoms with E-state index >= 15 is 0 Å². The first-order valence-electron chi connectivity index (χ1n) is 2.83. The summed E-state index contributed by atoms with van der Waals surface area (Å²) < 4.78 is 23.9. The highest BCUT2D eigenvalue weighted by atomic mass is 19.3. The Hall–Kier alpha value is -1.24. The minimum atomic E-state index is -3.41. The van der Waals surface area contributed by atoms with Gasteiger partial charge < -0.3 is 15.9 Å². The van der Waals surface area contributed by atoms with Gasteiger partial charge in [-0.2, -0.15) is 0 Å². The van der Waals surface area contributed by atoms with Gasteiger partial charge in [0.2, 0.25) is 0 Å². The van der Waals surface area contributed by atoms with Crippen LogP contribution in [-0.4, -0.2) is 34.1 Å². The summed E-state index contributed by atoms with van der Waals surface area (Å²) in [5.74, 6) is -3.71. The number of halogens is 2. The molecule has 0 aliphatic rings. The maximum atomic E-state index is 11.9. The molecular weight excluding hydrogens is 176 g/mol. The molecular formula is C5H7F2NO4. The molecule has 0 unspecified atom stereocenters. The van der Waals surface area contributed by atoms with Crippen molar-refractivity contribution in [3.63, 3.8) is 0 Å². The van der Waals surface area contributed by atoms with E-state index in [4.69, 9.17) is 10.2 Å². The van der Waals surface area contributed by atoms with Crippen LogP contribution in [0.5, 0.6) is 0 Å². The topological polar surface area (TPSA) is 101 Å². The fraction of sp³-hybridized carbons (Fsp3) is 0.600. The molecule has 0 aromatic carbocycles. The Labute approximate surface area is 65.8 Å². The first-order chi connectivity index (χ1) is 5.30. The quantitative estimate of drug-likeness (QED) is 0.545. The van der Waals surface area contributed by atoms with E-state index in [-0.39, 0.29) is 0 Å². The van der Waals surface area contributed by atoms with Gasteiger partial charge in [-0.1, -0.05) is 0 Å². The monoisotopic (exact) mass is 183 g/mol. The number of alkyl halides is 2. The van der Waals surface area contributed by atoms with Gasteiger partial charge in [-0.25, -0.2) is 13.6 Å². The van der Waals surface area contributed by atoms with Crippen LogP contribution in [0.25, 0.3) is 0 Å². The minimum Gasteiger partial charge on any atom is -0.481 e. The van der Waals surface area contributed by atoms with Crippen molar-refractivity contribution in [2.75, 3.05) is 0 Å². The SMILES string of the molecule is N[C@](CC(=O)O)(C(=O)O)C(F)F. The third kappa shape index (κ3) is 2.12. The van der Waals surface area contributed by atoms with Crippen LogP contribution >= 0.6 is 0 Å². The van der Waals surface area contributed by atoms with Crippen molar-refractivity contribution in [1.29, 1.82) is 0 Å². The van der Waals surface area contributed by atoms with Crippen LogP contribution in [0.15, 0.2) is 0 Å². The van der Waals surface area contributed by atoms with Gasteiger partial charge in [0.05, 0.1) is 6.42 Å². The maximum absolute atomic E-state index is 11.9. The fourth-order valence-corrected chi connectivity index (χ4v) is 0.496. The summed E-state index contributed by atoms with van der Waals surface area (Å²) in [4.78, 5) is 20.1. The first kappa shape index (κ1) is 10.8. The molecule has 5 nitrogen and oxygen atoms in total. The van der Waals surface area contributed by atoms with E-state index in [1.165, 1.54) is 0 Å². The molecule has 70 valence electrons. The van der Waals surface area contributed by atoms with Crippen LogP contribution in [0.1, 0.15) is 6.42 Å². The maximum Gasteiger partial charge on any atom is 0.330 e. The van der Waals surface area contributed by atoms with Crippen LogP contribution in [0.2, 0.25) is 0 Å². The first-order valence-corrected chi connectivity index (χ1v) is 2.83. The Morgan fingerprint density at radius 3 is 1.92 bits per heavy atom. The highest BCUT2D eigenvalue weighted by Gasteiger charge is 2.45. The number of aliphatic carboxylic acids is 2. The van der Waals surface area contributed by atoms with E-state index in [1.54, 1.807) is 0 Å². The molecule has 12 heavy (non-hydrogen) atoms. The molecule has 0 bridgehead atoms. The summed E-state index contributed by atoms with van der Waals surface area (Å²) in [7, 11) is 0. The Morgan fingerprint density at radius 1 is 1.42 bits per heavy atom. The second kappa shape index (κ2) is 3.44. The van der Waals surface area contributed by atoms with E-state index in [9.17, 15) is 18.4 Å². The van der Waals surface area contributed by atoms with Gasteiger partial charge in [0.15, 0.2) is 5.54 Å². The zero-order chi connectivity index (χ0) is 9.94. The molecule has 0 aliphatic heterocycles. The average Bonchev–Trinajstić information content (AvgIpc) is 1.84. The van der Waals surface area contributed by atoms with E-state index in [2.05, 4.69) is 5.73 Å². The highest BCUT2D eigenvalue weighted by molar-refractivity contribution is 5.85. The zero-order valence-corrected chi connectivity index (χ0v) is 5.83. The van der Waals surface area contributed by atoms with Crippen LogP contribution in [0, 0.1) is 0 Å². The Bertz CT molecular complexity index is 208. The number of rotatable bonds is 4. The molecule has 0 aromatic rings. The van der Waals surface area contributed by atoms with Crippen LogP contribution in [0.3, 0.4) is 0 Å². The summed E-state index contributed by atoms with van der Waals surface area (Å²) in [6.07, 6.45) is -4.72. The lowest BCUT2D eigenvalue weighted by Crippen LogP contribution is -2.55. The van der Waals surface area contributed by atoms with E-state index in [1.807, 2.05) is 0 Å². The summed E-state index contributed by atoms with van der Waals surface area (Å²) in [5.41, 5.74) is 1.66. The van der Waals surface area contributed by atoms with Gasteiger partial charge in [-0.3, -0.25) is 4.79 Å². The van der Waals surface area contributed by atoms with E-state index < -0.39 is 30.3 Å². The standard InChI is InChI=1S/C5H7F2NO4/c6-3(7)5(8,4(11)12)1-2(9)10/h3H,1,8H2,(H,9,10)(H,11,12)/t5-/m0/s1. The Morgan fingerprint density at radius 2 is 1.83 bits per heavy atom. The van der Waals surface area contributed by atoms with Crippen LogP contribution in [0.4, 0.5) is 8.78 Å². The van der Waals surface area contributed by atoms with Crippen molar-refractivity contribution in [2.24, 2.45) is 5.73 Å². The molecule has 0 amide bonds. The molecule has 0 heterocycles. The predicted molar refractivity (Wildman–Crippen MR) is 32.8 cm³/mol. The molecule has 0 saturated carbocycles. The fourth-order valence-electron chi connectivity index (χ4n) is 0.496. The zero-order valence-electron chi connectivity index (χ0n) is 5.83. The van der Waals surface area contributed by atoms with E-state index in [0.29, 0.717) is 0 Å². The Balaban J connectivity index is 4.62. The smallest absolute Gasteiger partial charge is 0.330 e. The molecule has 1 atom stereocenters. The normalized spacial score (nSPS) is 15.7. The van der Waals surface area contributed by atoms with Crippen molar-refractivity contribution in [3.05, 3.63) is 0 Å². The molecule has 0 aromatic heterocycles. The van der Waals surface area contributed by atoms with Crippen molar-refractivity contribution < 1.29 is 28.6 Å². The van der Waals surface area contributed by atoms with Crippen molar-refractivity contribution in [1.82, 2.24) is 0 Å². The van der Waals surface area contributed by atoms with Gasteiger partial charge in [0.1, 0.15) is 0 Å². The minimum absolute atomic E-state index is 1.31. The summed E-state index contributed by atoms with van der Waals surface area (Å²) >= 11 is 0. The number of nitrogens with two attached hydrogens (primary N) is 1. The van der Waals surface area contributed by atoms with Gasteiger partial charge in [0.25, 0.3) is 6.43 Å². The highest BCUT2D eigenvalue weighted by Crippen LogP contribution is 2.17. The number of carboxylic acids is 2. The lowest BCUT2D eigenvalue weighted by atomic mass is 9.98. The largest absolute Gasteiger partial charge is 0.481 e. The lowest BCUT2D eigenvalue weighted by molar-refractivity contribution is -0.156. The van der Waals surface area contributed by atoms with Crippen molar-refractivity contribution >= 4 is 11.9 Å². The van der Waals surface area contributed by atoms with Gasteiger partial charge in [0, 0.05) is 0 Å². The molecule has 0 saturated heterocycles. The van der Waals surface area contributed by atoms with Crippen LogP contribution in [-0.2, 0) is 9.59 Å². The molecule has 0 aliphatic carbocycles. The number of hydrogen-bond acceptors (Lipinski definition) is 3. The molecule has 0 radical (unpaired) electrons. The molecule has 0 spiro atoms. The summed E-state index contributed by atoms with van der Waals surface area (Å²) in [6, 6.07) is 0. The number of hydrogen-bond donors (Lipinski definition) is 3. The molecule has 7 heteroatoms. The van der Waals surface area contributed by atoms with E-state index in [0.717, 1.165) is 0 Å². The number of carboxylic acid groups (broad SMARTS) is 2. The van der Waals surface area contributed by atoms with Gasteiger partial charge in [-0.15, -0.1) is 0 Å². The third-order valence-electron chi connectivity index (χ3n) is 1.23. The molecule has 0 fully saturated rings. The lowest BCUT2D eigenvalue weighted by Gasteiger charge is -2.20. The number of carbonyl (C=O) groups is 2. The summed E-state index contributed by atoms with van der Waals surface area (Å²) in [6.45, 7) is 0.